The second-order valence-electron chi connectivity index (χ2n) is 2.99. The van der Waals surface area contributed by atoms with Gasteiger partial charge < -0.3 is 5.32 Å². The van der Waals surface area contributed by atoms with Crippen molar-refractivity contribution in [3.8, 4) is 10.6 Å². The minimum absolute atomic E-state index is 0.695. The Bertz CT molecular complexity index is 455. The molecule has 78 valence electrons. The van der Waals surface area contributed by atoms with Crippen LogP contribution < -0.4 is 5.32 Å². The SMILES string of the molecule is CNCc1nccc(-c2ccc(Br)s2)n1. The summed E-state index contributed by atoms with van der Waals surface area (Å²) in [6.45, 7) is 0.695. The van der Waals surface area contributed by atoms with Gasteiger partial charge in [0.2, 0.25) is 0 Å². The highest BCUT2D eigenvalue weighted by Crippen LogP contribution is 2.29. The summed E-state index contributed by atoms with van der Waals surface area (Å²) in [4.78, 5) is 9.80. The van der Waals surface area contributed by atoms with Crippen LogP contribution in [0, 0.1) is 0 Å². The van der Waals surface area contributed by atoms with E-state index in [4.69, 9.17) is 0 Å². The Balaban J connectivity index is 2.32. The standard InChI is InChI=1S/C10H10BrN3S/c1-12-6-10-13-5-4-7(14-10)8-2-3-9(11)15-8/h2-5,12H,6H2,1H3. The summed E-state index contributed by atoms with van der Waals surface area (Å²) in [5.41, 5.74) is 0.978. The first-order chi connectivity index (χ1) is 7.29. The highest BCUT2D eigenvalue weighted by molar-refractivity contribution is 9.11. The van der Waals surface area contributed by atoms with Gasteiger partial charge in [-0.3, -0.25) is 0 Å². The Morgan fingerprint density at radius 1 is 1.40 bits per heavy atom. The Hall–Kier alpha value is -0.780. The van der Waals surface area contributed by atoms with Gasteiger partial charge in [-0.1, -0.05) is 0 Å². The number of hydrogen-bond acceptors (Lipinski definition) is 4. The molecule has 0 fully saturated rings. The van der Waals surface area contributed by atoms with Crippen molar-refractivity contribution in [1.29, 1.82) is 0 Å². The average Bonchev–Trinajstić information content (AvgIpc) is 2.66. The molecule has 2 aromatic heterocycles. The molecule has 0 atom stereocenters. The molecular formula is C10H10BrN3S. The van der Waals surface area contributed by atoms with E-state index < -0.39 is 0 Å². The van der Waals surface area contributed by atoms with E-state index >= 15 is 0 Å². The Morgan fingerprint density at radius 2 is 2.27 bits per heavy atom. The van der Waals surface area contributed by atoms with Crippen LogP contribution in [0.25, 0.3) is 10.6 Å². The summed E-state index contributed by atoms with van der Waals surface area (Å²) in [5.74, 6) is 0.819. The van der Waals surface area contributed by atoms with Crippen LogP contribution in [0.5, 0.6) is 0 Å². The van der Waals surface area contributed by atoms with Crippen molar-refractivity contribution in [1.82, 2.24) is 15.3 Å². The third kappa shape index (κ3) is 2.62. The first kappa shape index (κ1) is 10.7. The fourth-order valence-electron chi connectivity index (χ4n) is 1.23. The molecule has 0 aliphatic carbocycles. The molecule has 15 heavy (non-hydrogen) atoms. The van der Waals surface area contributed by atoms with E-state index in [-0.39, 0.29) is 0 Å². The van der Waals surface area contributed by atoms with Crippen LogP contribution >= 0.6 is 27.3 Å². The van der Waals surface area contributed by atoms with Gasteiger partial charge >= 0.3 is 0 Å². The highest BCUT2D eigenvalue weighted by Gasteiger charge is 2.04. The molecule has 0 saturated heterocycles. The zero-order valence-electron chi connectivity index (χ0n) is 8.20. The number of aromatic nitrogens is 2. The predicted octanol–water partition coefficient (Wildman–Crippen LogP) is 2.69. The van der Waals surface area contributed by atoms with Crippen LogP contribution in [-0.2, 0) is 6.54 Å². The Morgan fingerprint density at radius 3 is 2.93 bits per heavy atom. The van der Waals surface area contributed by atoms with Gasteiger partial charge in [-0.25, -0.2) is 9.97 Å². The smallest absolute Gasteiger partial charge is 0.142 e. The molecule has 2 aromatic rings. The van der Waals surface area contributed by atoms with E-state index in [1.54, 1.807) is 17.5 Å². The van der Waals surface area contributed by atoms with Crippen LogP contribution in [0.2, 0.25) is 0 Å². The van der Waals surface area contributed by atoms with Crippen LogP contribution in [0.15, 0.2) is 28.2 Å². The van der Waals surface area contributed by atoms with E-state index in [2.05, 4.69) is 37.3 Å². The lowest BCUT2D eigenvalue weighted by Gasteiger charge is -2.00. The Labute approximate surface area is 101 Å². The summed E-state index contributed by atoms with van der Waals surface area (Å²) < 4.78 is 1.12. The molecule has 0 aromatic carbocycles. The predicted molar refractivity (Wildman–Crippen MR) is 65.8 cm³/mol. The highest BCUT2D eigenvalue weighted by atomic mass is 79.9. The summed E-state index contributed by atoms with van der Waals surface area (Å²) in [5, 5.41) is 3.04. The summed E-state index contributed by atoms with van der Waals surface area (Å²) in [7, 11) is 1.89. The maximum absolute atomic E-state index is 4.46. The molecule has 0 aliphatic rings. The van der Waals surface area contributed by atoms with E-state index in [0.717, 1.165) is 20.2 Å². The van der Waals surface area contributed by atoms with Gasteiger partial charge in [0.15, 0.2) is 0 Å². The molecule has 2 rings (SSSR count). The molecule has 0 amide bonds. The molecule has 0 radical (unpaired) electrons. The number of nitrogens with one attached hydrogen (secondary N) is 1. The number of rotatable bonds is 3. The van der Waals surface area contributed by atoms with Gasteiger partial charge in [-0.15, -0.1) is 11.3 Å². The van der Waals surface area contributed by atoms with Gasteiger partial charge in [0.1, 0.15) is 5.82 Å². The second kappa shape index (κ2) is 4.83. The van der Waals surface area contributed by atoms with Crippen molar-refractivity contribution < 1.29 is 0 Å². The van der Waals surface area contributed by atoms with Crippen LogP contribution in [-0.4, -0.2) is 17.0 Å². The maximum atomic E-state index is 4.46. The molecule has 0 saturated carbocycles. The normalized spacial score (nSPS) is 10.5. The number of halogens is 1. The molecule has 0 aliphatic heterocycles. The summed E-state index contributed by atoms with van der Waals surface area (Å²) >= 11 is 5.12. The topological polar surface area (TPSA) is 37.8 Å². The number of thiophene rings is 1. The Kier molecular flexibility index (Phi) is 3.45. The van der Waals surface area contributed by atoms with Crippen molar-refractivity contribution >= 4 is 27.3 Å². The first-order valence-electron chi connectivity index (χ1n) is 4.52. The molecule has 3 nitrogen and oxygen atoms in total. The minimum atomic E-state index is 0.695. The maximum Gasteiger partial charge on any atom is 0.142 e. The lowest BCUT2D eigenvalue weighted by molar-refractivity contribution is 0.759. The zero-order chi connectivity index (χ0) is 10.7. The van der Waals surface area contributed by atoms with E-state index in [1.807, 2.05) is 19.2 Å². The summed E-state index contributed by atoms with van der Waals surface area (Å²) in [6, 6.07) is 6.01. The fraction of sp³-hybridized carbons (Fsp3) is 0.200. The van der Waals surface area contributed by atoms with E-state index in [0.29, 0.717) is 6.54 Å². The van der Waals surface area contributed by atoms with Gasteiger partial charge in [-0.2, -0.15) is 0 Å². The lowest BCUT2D eigenvalue weighted by atomic mass is 10.3. The number of hydrogen-bond donors (Lipinski definition) is 1. The van der Waals surface area contributed by atoms with E-state index in [1.165, 1.54) is 0 Å². The molecule has 1 N–H and O–H groups in total. The fourth-order valence-corrected chi connectivity index (χ4v) is 2.59. The van der Waals surface area contributed by atoms with Crippen molar-refractivity contribution in [3.05, 3.63) is 34.0 Å². The van der Waals surface area contributed by atoms with E-state index in [9.17, 15) is 0 Å². The number of nitrogens with zero attached hydrogens (tertiary/aromatic N) is 2. The van der Waals surface area contributed by atoms with Gasteiger partial charge in [0, 0.05) is 6.20 Å². The molecule has 2 heterocycles. The summed E-state index contributed by atoms with van der Waals surface area (Å²) in [6.07, 6.45) is 1.79. The quantitative estimate of drug-likeness (QED) is 0.941. The monoisotopic (exact) mass is 283 g/mol. The molecule has 0 bridgehead atoms. The van der Waals surface area contributed by atoms with Crippen molar-refractivity contribution in [2.75, 3.05) is 7.05 Å². The minimum Gasteiger partial charge on any atom is -0.313 e. The molecule has 5 heteroatoms. The zero-order valence-corrected chi connectivity index (χ0v) is 10.6. The van der Waals surface area contributed by atoms with Crippen molar-refractivity contribution in [2.45, 2.75) is 6.54 Å². The third-order valence-corrected chi connectivity index (χ3v) is 3.51. The van der Waals surface area contributed by atoms with Crippen molar-refractivity contribution in [3.63, 3.8) is 0 Å². The third-order valence-electron chi connectivity index (χ3n) is 1.87. The van der Waals surface area contributed by atoms with Crippen LogP contribution in [0.4, 0.5) is 0 Å². The van der Waals surface area contributed by atoms with Gasteiger partial charge in [-0.05, 0) is 41.2 Å². The largest absolute Gasteiger partial charge is 0.313 e. The average molecular weight is 284 g/mol. The first-order valence-corrected chi connectivity index (χ1v) is 6.13. The lowest BCUT2D eigenvalue weighted by Crippen LogP contribution is -2.08. The van der Waals surface area contributed by atoms with Crippen LogP contribution in [0.1, 0.15) is 5.82 Å². The van der Waals surface area contributed by atoms with Crippen molar-refractivity contribution in [2.24, 2.45) is 0 Å². The second-order valence-corrected chi connectivity index (χ2v) is 5.46. The molecule has 0 spiro atoms. The van der Waals surface area contributed by atoms with Crippen LogP contribution in [0.3, 0.4) is 0 Å². The molecule has 0 unspecified atom stereocenters. The van der Waals surface area contributed by atoms with Gasteiger partial charge in [0.25, 0.3) is 0 Å². The molecular weight excluding hydrogens is 274 g/mol. The van der Waals surface area contributed by atoms with Gasteiger partial charge in [0.05, 0.1) is 20.9 Å².